The van der Waals surface area contributed by atoms with Crippen LogP contribution in [0.2, 0.25) is 0 Å². The Kier molecular flexibility index (Phi) is 5.37. The average molecular weight is 393 g/mol. The van der Waals surface area contributed by atoms with Gasteiger partial charge < -0.3 is 15.3 Å². The van der Waals surface area contributed by atoms with Crippen molar-refractivity contribution < 1.29 is 9.90 Å². The number of aliphatic hydroxyl groups excluding tert-OH is 1. The number of amides is 1. The number of nitriles is 1. The fraction of sp³-hybridized carbons (Fsp3) is 0.545. The summed E-state index contributed by atoms with van der Waals surface area (Å²) in [4.78, 5) is 23.6. The number of carbonyl (C=O) groups excluding carboxylic acids is 1. The molecule has 7 nitrogen and oxygen atoms in total. The number of anilines is 1. The number of aliphatic hydroxyl groups is 1. The zero-order chi connectivity index (χ0) is 20.5. The highest BCUT2D eigenvalue weighted by atomic mass is 16.3. The van der Waals surface area contributed by atoms with Crippen LogP contribution in [0.3, 0.4) is 0 Å². The molecule has 2 aromatic rings. The summed E-state index contributed by atoms with van der Waals surface area (Å²) in [6.45, 7) is 5.23. The molecule has 1 aliphatic carbocycles. The Morgan fingerprint density at radius 1 is 1.21 bits per heavy atom. The van der Waals surface area contributed by atoms with Crippen LogP contribution in [0.1, 0.15) is 38.7 Å². The third-order valence-corrected chi connectivity index (χ3v) is 6.08. The van der Waals surface area contributed by atoms with Gasteiger partial charge in [0.15, 0.2) is 0 Å². The second-order valence-electron chi connectivity index (χ2n) is 8.63. The summed E-state index contributed by atoms with van der Waals surface area (Å²) in [7, 11) is 0. The first-order valence-corrected chi connectivity index (χ1v) is 10.3. The van der Waals surface area contributed by atoms with E-state index in [4.69, 9.17) is 0 Å². The third kappa shape index (κ3) is 4.03. The van der Waals surface area contributed by atoms with E-state index in [0.717, 1.165) is 24.2 Å². The van der Waals surface area contributed by atoms with Crippen molar-refractivity contribution in [2.75, 3.05) is 18.0 Å². The van der Waals surface area contributed by atoms with Gasteiger partial charge in [0.2, 0.25) is 5.91 Å². The van der Waals surface area contributed by atoms with Gasteiger partial charge in [-0.2, -0.15) is 5.26 Å². The fourth-order valence-corrected chi connectivity index (χ4v) is 4.33. The number of piperidine rings is 1. The second-order valence-corrected chi connectivity index (χ2v) is 8.63. The van der Waals surface area contributed by atoms with Gasteiger partial charge in [-0.05, 0) is 49.1 Å². The zero-order valence-corrected chi connectivity index (χ0v) is 16.9. The number of carbonyl (C=O) groups is 1. The first-order valence-electron chi connectivity index (χ1n) is 10.3. The first-order chi connectivity index (χ1) is 14.0. The summed E-state index contributed by atoms with van der Waals surface area (Å²) in [6, 6.07) is 5.89. The van der Waals surface area contributed by atoms with Crippen LogP contribution in [0.4, 0.5) is 5.69 Å². The minimum absolute atomic E-state index is 0.0300. The number of nitrogens with zero attached hydrogens (tertiary/aromatic N) is 4. The molecule has 4 rings (SSSR count). The van der Waals surface area contributed by atoms with Crippen molar-refractivity contribution in [1.29, 1.82) is 5.26 Å². The number of benzene rings is 1. The quantitative estimate of drug-likeness (QED) is 0.808. The molecule has 2 aliphatic rings. The molecule has 2 heterocycles. The Balaban J connectivity index is 1.62. The summed E-state index contributed by atoms with van der Waals surface area (Å²) >= 11 is 0. The maximum atomic E-state index is 12.4. The summed E-state index contributed by atoms with van der Waals surface area (Å²) in [5, 5.41) is 22.6. The molecule has 3 atom stereocenters. The standard InChI is InChI=1S/C22H27N5O2/c1-13(2)21(28)22(29)26-17-9-16(14-3-4-14)11-27(12-17)18-6-5-15(10-23)19-20(18)25-8-7-24-19/h5-8,13-14,16-17,21,28H,3-4,9,11-12H2,1-2H3,(H,26,29)/t16?,17?,21-/m0/s1. The highest BCUT2D eigenvalue weighted by Gasteiger charge is 2.39. The lowest BCUT2D eigenvalue weighted by molar-refractivity contribution is -0.132. The van der Waals surface area contributed by atoms with Gasteiger partial charge in [0.25, 0.3) is 0 Å². The van der Waals surface area contributed by atoms with E-state index >= 15 is 0 Å². The van der Waals surface area contributed by atoms with Crippen LogP contribution in [0, 0.1) is 29.1 Å². The van der Waals surface area contributed by atoms with Crippen LogP contribution in [0.15, 0.2) is 24.5 Å². The molecule has 152 valence electrons. The van der Waals surface area contributed by atoms with Gasteiger partial charge in [0.05, 0.1) is 11.3 Å². The van der Waals surface area contributed by atoms with E-state index in [-0.39, 0.29) is 17.9 Å². The van der Waals surface area contributed by atoms with E-state index in [1.54, 1.807) is 18.5 Å². The number of aromatic nitrogens is 2. The molecular weight excluding hydrogens is 366 g/mol. The molecule has 0 radical (unpaired) electrons. The van der Waals surface area contributed by atoms with E-state index in [9.17, 15) is 15.2 Å². The third-order valence-electron chi connectivity index (χ3n) is 6.08. The molecule has 0 bridgehead atoms. The van der Waals surface area contributed by atoms with Crippen LogP contribution in [0.25, 0.3) is 11.0 Å². The largest absolute Gasteiger partial charge is 0.383 e. The van der Waals surface area contributed by atoms with Gasteiger partial charge in [-0.15, -0.1) is 0 Å². The minimum atomic E-state index is -0.994. The van der Waals surface area contributed by atoms with E-state index in [1.165, 1.54) is 12.8 Å². The Labute approximate surface area is 170 Å². The van der Waals surface area contributed by atoms with E-state index in [0.29, 0.717) is 29.5 Å². The molecule has 1 aliphatic heterocycles. The summed E-state index contributed by atoms with van der Waals surface area (Å²) < 4.78 is 0. The predicted molar refractivity (Wildman–Crippen MR) is 110 cm³/mol. The normalized spacial score (nSPS) is 23.1. The highest BCUT2D eigenvalue weighted by Crippen LogP contribution is 2.42. The molecule has 2 N–H and O–H groups in total. The molecule has 2 fully saturated rings. The summed E-state index contributed by atoms with van der Waals surface area (Å²) in [6.07, 6.45) is 5.66. The van der Waals surface area contributed by atoms with Gasteiger partial charge in [-0.25, -0.2) is 0 Å². The number of nitrogens with one attached hydrogen (secondary N) is 1. The monoisotopic (exact) mass is 393 g/mol. The van der Waals surface area contributed by atoms with Crippen LogP contribution in [0.5, 0.6) is 0 Å². The molecule has 1 amide bonds. The first kappa shape index (κ1) is 19.6. The minimum Gasteiger partial charge on any atom is -0.383 e. The van der Waals surface area contributed by atoms with Crippen LogP contribution in [-0.2, 0) is 4.79 Å². The van der Waals surface area contributed by atoms with Crippen molar-refractivity contribution in [3.63, 3.8) is 0 Å². The molecule has 1 saturated heterocycles. The Morgan fingerprint density at radius 2 is 1.93 bits per heavy atom. The van der Waals surface area contributed by atoms with Crippen molar-refractivity contribution in [3.8, 4) is 6.07 Å². The van der Waals surface area contributed by atoms with Gasteiger partial charge >= 0.3 is 0 Å². The maximum absolute atomic E-state index is 12.4. The number of hydrogen-bond acceptors (Lipinski definition) is 6. The van der Waals surface area contributed by atoms with Crippen LogP contribution in [-0.4, -0.2) is 46.2 Å². The van der Waals surface area contributed by atoms with Crippen molar-refractivity contribution in [2.45, 2.75) is 45.3 Å². The van der Waals surface area contributed by atoms with E-state index in [1.807, 2.05) is 19.9 Å². The van der Waals surface area contributed by atoms with Crippen LogP contribution >= 0.6 is 0 Å². The average Bonchev–Trinajstić information content (AvgIpc) is 3.57. The van der Waals surface area contributed by atoms with Gasteiger partial charge in [0, 0.05) is 31.5 Å². The summed E-state index contributed by atoms with van der Waals surface area (Å²) in [5.41, 5.74) is 2.78. The highest BCUT2D eigenvalue weighted by molar-refractivity contribution is 5.92. The fourth-order valence-electron chi connectivity index (χ4n) is 4.33. The van der Waals surface area contributed by atoms with Gasteiger partial charge in [-0.3, -0.25) is 14.8 Å². The SMILES string of the molecule is CC(C)[C@H](O)C(=O)NC1CC(C2CC2)CN(c2ccc(C#N)c3nccnc23)C1. The lowest BCUT2D eigenvalue weighted by Gasteiger charge is -2.40. The second kappa shape index (κ2) is 7.96. The molecule has 1 aromatic heterocycles. The van der Waals surface area contributed by atoms with Crippen molar-refractivity contribution in [3.05, 3.63) is 30.1 Å². The molecule has 1 saturated carbocycles. The summed E-state index contributed by atoms with van der Waals surface area (Å²) in [5.74, 6) is 0.771. The van der Waals surface area contributed by atoms with Gasteiger partial charge in [-0.1, -0.05) is 13.8 Å². The predicted octanol–water partition coefficient (Wildman–Crippen LogP) is 2.24. The molecule has 29 heavy (non-hydrogen) atoms. The Morgan fingerprint density at radius 3 is 2.59 bits per heavy atom. The lowest BCUT2D eigenvalue weighted by Crippen LogP contribution is -2.53. The van der Waals surface area contributed by atoms with Crippen molar-refractivity contribution >= 4 is 22.6 Å². The van der Waals surface area contributed by atoms with Crippen molar-refractivity contribution in [1.82, 2.24) is 15.3 Å². The van der Waals surface area contributed by atoms with E-state index < -0.39 is 6.10 Å². The zero-order valence-electron chi connectivity index (χ0n) is 16.9. The molecule has 7 heteroatoms. The smallest absolute Gasteiger partial charge is 0.249 e. The Bertz CT molecular complexity index is 950. The number of rotatable bonds is 5. The maximum Gasteiger partial charge on any atom is 0.249 e. The van der Waals surface area contributed by atoms with Gasteiger partial charge in [0.1, 0.15) is 23.2 Å². The molecule has 2 unspecified atom stereocenters. The molecule has 1 aromatic carbocycles. The number of fused-ring (bicyclic) bond motifs is 1. The topological polar surface area (TPSA) is 102 Å². The number of hydrogen-bond donors (Lipinski definition) is 2. The van der Waals surface area contributed by atoms with E-state index in [2.05, 4.69) is 26.3 Å². The molecular formula is C22H27N5O2. The van der Waals surface area contributed by atoms with Crippen molar-refractivity contribution in [2.24, 2.45) is 17.8 Å². The lowest BCUT2D eigenvalue weighted by atomic mass is 9.89. The van der Waals surface area contributed by atoms with Crippen LogP contribution < -0.4 is 10.2 Å². The molecule has 0 spiro atoms. The Hall–Kier alpha value is -2.72.